The minimum absolute atomic E-state index is 0.0380. The second kappa shape index (κ2) is 8.42. The van der Waals surface area contributed by atoms with E-state index >= 15 is 0 Å². The predicted molar refractivity (Wildman–Crippen MR) is 96.3 cm³/mol. The van der Waals surface area contributed by atoms with E-state index < -0.39 is 11.9 Å². The van der Waals surface area contributed by atoms with Gasteiger partial charge in [-0.15, -0.1) is 11.8 Å². The summed E-state index contributed by atoms with van der Waals surface area (Å²) in [5.74, 6) is -1.46. The van der Waals surface area contributed by atoms with Gasteiger partial charge in [0, 0.05) is 29.8 Å². The second-order valence-electron chi connectivity index (χ2n) is 6.58. The Labute approximate surface area is 147 Å². The van der Waals surface area contributed by atoms with Crippen molar-refractivity contribution in [3.05, 3.63) is 30.3 Å². The highest BCUT2D eigenvalue weighted by molar-refractivity contribution is 8.00. The molecule has 2 amide bonds. The monoisotopic (exact) mass is 350 g/mol. The molecule has 2 N–H and O–H groups in total. The quantitative estimate of drug-likeness (QED) is 0.790. The van der Waals surface area contributed by atoms with Gasteiger partial charge in [0.15, 0.2) is 0 Å². The van der Waals surface area contributed by atoms with Gasteiger partial charge >= 0.3 is 12.0 Å². The van der Waals surface area contributed by atoms with Crippen LogP contribution < -0.4 is 5.32 Å². The van der Waals surface area contributed by atoms with E-state index in [2.05, 4.69) is 17.4 Å². The van der Waals surface area contributed by atoms with Gasteiger partial charge in [-0.2, -0.15) is 0 Å². The number of carboxylic acids is 1. The van der Waals surface area contributed by atoms with Crippen LogP contribution in [0.5, 0.6) is 0 Å². The molecule has 6 heteroatoms. The Balaban J connectivity index is 1.91. The van der Waals surface area contributed by atoms with Gasteiger partial charge in [0.25, 0.3) is 0 Å². The SMILES string of the molecule is CC(CN(C)C(=O)NCC1(Sc2ccccc2)CCCC1)C(=O)O. The molecule has 1 fully saturated rings. The van der Waals surface area contributed by atoms with Crippen molar-refractivity contribution < 1.29 is 14.7 Å². The zero-order valence-corrected chi connectivity index (χ0v) is 15.1. The number of amides is 2. The van der Waals surface area contributed by atoms with Crippen LogP contribution in [0.3, 0.4) is 0 Å². The van der Waals surface area contributed by atoms with E-state index in [-0.39, 0.29) is 17.3 Å². The number of carboxylic acid groups (broad SMARTS) is 1. The van der Waals surface area contributed by atoms with Crippen molar-refractivity contribution in [2.75, 3.05) is 20.1 Å². The summed E-state index contributed by atoms with van der Waals surface area (Å²) in [5, 5.41) is 12.0. The number of hydrogen-bond acceptors (Lipinski definition) is 3. The first-order chi connectivity index (χ1) is 11.4. The number of urea groups is 1. The fraction of sp³-hybridized carbons (Fsp3) is 0.556. The molecule has 1 atom stereocenters. The Bertz CT molecular complexity index is 559. The minimum Gasteiger partial charge on any atom is -0.481 e. The number of benzene rings is 1. The summed E-state index contributed by atoms with van der Waals surface area (Å²) in [4.78, 5) is 25.9. The summed E-state index contributed by atoms with van der Waals surface area (Å²) in [6.07, 6.45) is 4.54. The number of thioether (sulfide) groups is 1. The van der Waals surface area contributed by atoms with E-state index in [1.807, 2.05) is 30.0 Å². The Morgan fingerprint density at radius 3 is 2.50 bits per heavy atom. The lowest BCUT2D eigenvalue weighted by Gasteiger charge is -2.30. The Morgan fingerprint density at radius 1 is 1.29 bits per heavy atom. The molecule has 132 valence electrons. The Morgan fingerprint density at radius 2 is 1.92 bits per heavy atom. The van der Waals surface area contributed by atoms with E-state index in [1.54, 1.807) is 14.0 Å². The molecule has 1 aromatic rings. The molecule has 1 aromatic carbocycles. The number of nitrogens with zero attached hydrogens (tertiary/aromatic N) is 1. The van der Waals surface area contributed by atoms with Gasteiger partial charge in [0.2, 0.25) is 0 Å². The van der Waals surface area contributed by atoms with Crippen LogP contribution in [0.1, 0.15) is 32.6 Å². The fourth-order valence-corrected chi connectivity index (χ4v) is 4.45. The highest BCUT2D eigenvalue weighted by Gasteiger charge is 2.35. The smallest absolute Gasteiger partial charge is 0.317 e. The number of carbonyl (C=O) groups is 2. The largest absolute Gasteiger partial charge is 0.481 e. The van der Waals surface area contributed by atoms with Gasteiger partial charge < -0.3 is 15.3 Å². The van der Waals surface area contributed by atoms with Crippen molar-refractivity contribution in [2.24, 2.45) is 5.92 Å². The van der Waals surface area contributed by atoms with Gasteiger partial charge in [0.05, 0.1) is 5.92 Å². The van der Waals surface area contributed by atoms with Gasteiger partial charge in [-0.05, 0) is 25.0 Å². The minimum atomic E-state index is -0.887. The van der Waals surface area contributed by atoms with Crippen molar-refractivity contribution in [1.82, 2.24) is 10.2 Å². The number of carbonyl (C=O) groups excluding carboxylic acids is 1. The lowest BCUT2D eigenvalue weighted by molar-refractivity contribution is -0.141. The lowest BCUT2D eigenvalue weighted by Crippen LogP contribution is -2.45. The molecule has 2 rings (SSSR count). The van der Waals surface area contributed by atoms with Crippen molar-refractivity contribution >= 4 is 23.8 Å². The average molecular weight is 350 g/mol. The second-order valence-corrected chi connectivity index (χ2v) is 8.13. The van der Waals surface area contributed by atoms with Crippen LogP contribution in [-0.2, 0) is 4.79 Å². The van der Waals surface area contributed by atoms with E-state index in [0.29, 0.717) is 6.54 Å². The van der Waals surface area contributed by atoms with Crippen LogP contribution >= 0.6 is 11.8 Å². The van der Waals surface area contributed by atoms with E-state index in [0.717, 1.165) is 12.8 Å². The normalized spacial score (nSPS) is 17.2. The number of rotatable bonds is 7. The topological polar surface area (TPSA) is 69.6 Å². The molecule has 0 heterocycles. The molecule has 0 spiro atoms. The molecule has 24 heavy (non-hydrogen) atoms. The predicted octanol–water partition coefficient (Wildman–Crippen LogP) is 3.45. The van der Waals surface area contributed by atoms with Crippen LogP contribution in [0.4, 0.5) is 4.79 Å². The zero-order valence-electron chi connectivity index (χ0n) is 14.3. The van der Waals surface area contributed by atoms with Crippen molar-refractivity contribution in [3.63, 3.8) is 0 Å². The number of hydrogen-bond donors (Lipinski definition) is 2. The van der Waals surface area contributed by atoms with Crippen LogP contribution in [0, 0.1) is 5.92 Å². The van der Waals surface area contributed by atoms with Gasteiger partial charge in [-0.1, -0.05) is 38.0 Å². The first-order valence-corrected chi connectivity index (χ1v) is 9.19. The maximum absolute atomic E-state index is 12.3. The summed E-state index contributed by atoms with van der Waals surface area (Å²) in [6.45, 7) is 2.42. The van der Waals surface area contributed by atoms with Gasteiger partial charge in [-0.3, -0.25) is 4.79 Å². The number of nitrogens with one attached hydrogen (secondary N) is 1. The number of aliphatic carboxylic acids is 1. The van der Waals surface area contributed by atoms with Crippen molar-refractivity contribution in [3.8, 4) is 0 Å². The molecule has 0 radical (unpaired) electrons. The molecule has 0 saturated heterocycles. The van der Waals surface area contributed by atoms with Crippen LogP contribution in [-0.4, -0.2) is 46.9 Å². The summed E-state index contributed by atoms with van der Waals surface area (Å²) in [6, 6.07) is 10.1. The maximum Gasteiger partial charge on any atom is 0.317 e. The van der Waals surface area contributed by atoms with Crippen molar-refractivity contribution in [1.29, 1.82) is 0 Å². The Hall–Kier alpha value is -1.69. The lowest BCUT2D eigenvalue weighted by atomic mass is 10.1. The summed E-state index contributed by atoms with van der Waals surface area (Å²) in [5.41, 5.74) is 0. The molecule has 1 aliphatic rings. The van der Waals surface area contributed by atoms with Crippen molar-refractivity contribution in [2.45, 2.75) is 42.2 Å². The average Bonchev–Trinajstić information content (AvgIpc) is 3.02. The summed E-state index contributed by atoms with van der Waals surface area (Å²) >= 11 is 1.84. The molecule has 1 unspecified atom stereocenters. The molecule has 1 aliphatic carbocycles. The Kier molecular flexibility index (Phi) is 6.54. The third-order valence-electron chi connectivity index (χ3n) is 4.47. The summed E-state index contributed by atoms with van der Waals surface area (Å²) in [7, 11) is 1.64. The third-order valence-corrected chi connectivity index (χ3v) is 5.96. The first-order valence-electron chi connectivity index (χ1n) is 8.38. The summed E-state index contributed by atoms with van der Waals surface area (Å²) < 4.78 is 0.0380. The fourth-order valence-electron chi connectivity index (χ4n) is 3.02. The maximum atomic E-state index is 12.3. The van der Waals surface area contributed by atoms with Gasteiger partial charge in [0.1, 0.15) is 0 Å². The zero-order chi connectivity index (χ0) is 17.6. The van der Waals surface area contributed by atoms with Crippen LogP contribution in [0.15, 0.2) is 35.2 Å². The molecule has 0 bridgehead atoms. The standard InChI is InChI=1S/C18H26N2O3S/c1-14(16(21)22)12-20(2)17(23)19-13-18(10-6-7-11-18)24-15-8-4-3-5-9-15/h3-5,8-9,14H,6-7,10-13H2,1-2H3,(H,19,23)(H,21,22). The van der Waals surface area contributed by atoms with Crippen LogP contribution in [0.2, 0.25) is 0 Å². The molecular weight excluding hydrogens is 324 g/mol. The molecule has 1 saturated carbocycles. The third kappa shape index (κ3) is 5.16. The molecular formula is C18H26N2O3S. The highest BCUT2D eigenvalue weighted by atomic mass is 32.2. The van der Waals surface area contributed by atoms with E-state index in [1.165, 1.54) is 22.6 Å². The molecule has 0 aromatic heterocycles. The van der Waals surface area contributed by atoms with Crippen LogP contribution in [0.25, 0.3) is 0 Å². The highest BCUT2D eigenvalue weighted by Crippen LogP contribution is 2.44. The van der Waals surface area contributed by atoms with E-state index in [4.69, 9.17) is 5.11 Å². The first kappa shape index (κ1) is 18.6. The molecule has 0 aliphatic heterocycles. The van der Waals surface area contributed by atoms with E-state index in [9.17, 15) is 9.59 Å². The molecule has 5 nitrogen and oxygen atoms in total. The van der Waals surface area contributed by atoms with Gasteiger partial charge in [-0.25, -0.2) is 4.79 Å².